The van der Waals surface area contributed by atoms with Crippen LogP contribution >= 0.6 is 11.3 Å². The first-order valence-electron chi connectivity index (χ1n) is 13.6. The highest BCUT2D eigenvalue weighted by Crippen LogP contribution is 2.40. The SMILES string of the molecule is C=C(/C=C(C#N)\C=C/C)c1ccc2sc3ccc(-c4ccccc4-n4c5ccccc5c5ccccc54)cc3c2c1. The van der Waals surface area contributed by atoms with Crippen molar-refractivity contribution in [3.05, 3.63) is 145 Å². The number of para-hydroxylation sites is 3. The van der Waals surface area contributed by atoms with Gasteiger partial charge in [0.15, 0.2) is 0 Å². The number of rotatable bonds is 5. The van der Waals surface area contributed by atoms with Crippen LogP contribution in [0, 0.1) is 11.3 Å². The van der Waals surface area contributed by atoms with Crippen molar-refractivity contribution in [1.29, 1.82) is 5.26 Å². The highest BCUT2D eigenvalue weighted by Gasteiger charge is 2.16. The molecular formula is C38H26N2S. The maximum absolute atomic E-state index is 9.47. The number of hydrogen-bond acceptors (Lipinski definition) is 2. The number of nitriles is 1. The lowest BCUT2D eigenvalue weighted by molar-refractivity contribution is 1.18. The average Bonchev–Trinajstić information content (AvgIpc) is 3.55. The molecule has 0 radical (unpaired) electrons. The van der Waals surface area contributed by atoms with Crippen molar-refractivity contribution in [2.45, 2.75) is 6.92 Å². The predicted molar refractivity (Wildman–Crippen MR) is 177 cm³/mol. The van der Waals surface area contributed by atoms with Crippen molar-refractivity contribution in [3.63, 3.8) is 0 Å². The Hall–Kier alpha value is -5.17. The van der Waals surface area contributed by atoms with Gasteiger partial charge in [-0.05, 0) is 78.2 Å². The third kappa shape index (κ3) is 4.17. The third-order valence-corrected chi connectivity index (χ3v) is 8.83. The quantitative estimate of drug-likeness (QED) is 0.157. The molecule has 0 spiro atoms. The van der Waals surface area contributed by atoms with Crippen LogP contribution in [-0.2, 0) is 0 Å². The zero-order chi connectivity index (χ0) is 27.9. The van der Waals surface area contributed by atoms with Gasteiger partial charge in [0.05, 0.1) is 28.4 Å². The Morgan fingerprint density at radius 3 is 2.10 bits per heavy atom. The van der Waals surface area contributed by atoms with E-state index < -0.39 is 0 Å². The van der Waals surface area contributed by atoms with Crippen LogP contribution in [0.25, 0.3) is 64.4 Å². The highest BCUT2D eigenvalue weighted by molar-refractivity contribution is 7.25. The van der Waals surface area contributed by atoms with Crippen molar-refractivity contribution in [2.75, 3.05) is 0 Å². The number of aromatic nitrogens is 1. The van der Waals surface area contributed by atoms with Crippen LogP contribution in [0.15, 0.2) is 140 Å². The van der Waals surface area contributed by atoms with Crippen LogP contribution in [0.1, 0.15) is 12.5 Å². The lowest BCUT2D eigenvalue weighted by Gasteiger charge is -2.14. The molecule has 0 aliphatic rings. The molecule has 2 nitrogen and oxygen atoms in total. The minimum atomic E-state index is 0.594. The molecule has 5 aromatic carbocycles. The van der Waals surface area contributed by atoms with E-state index in [-0.39, 0.29) is 0 Å². The molecular weight excluding hydrogens is 516 g/mol. The summed E-state index contributed by atoms with van der Waals surface area (Å²) in [4.78, 5) is 0. The second-order valence-corrected chi connectivity index (χ2v) is 11.2. The minimum absolute atomic E-state index is 0.594. The van der Waals surface area contributed by atoms with E-state index in [4.69, 9.17) is 0 Å². The fourth-order valence-corrected chi connectivity index (χ4v) is 6.87. The summed E-state index contributed by atoms with van der Waals surface area (Å²) in [5.41, 5.74) is 8.38. The summed E-state index contributed by atoms with van der Waals surface area (Å²) < 4.78 is 4.88. The van der Waals surface area contributed by atoms with Gasteiger partial charge in [0, 0.05) is 36.5 Å². The third-order valence-electron chi connectivity index (χ3n) is 7.68. The zero-order valence-corrected chi connectivity index (χ0v) is 23.5. The minimum Gasteiger partial charge on any atom is -0.309 e. The van der Waals surface area contributed by atoms with E-state index in [1.54, 1.807) is 11.3 Å². The van der Waals surface area contributed by atoms with Crippen molar-refractivity contribution in [2.24, 2.45) is 0 Å². The Bertz CT molecular complexity index is 2190. The molecule has 0 aliphatic heterocycles. The molecule has 0 saturated heterocycles. The molecule has 0 saturated carbocycles. The summed E-state index contributed by atoms with van der Waals surface area (Å²) in [5.74, 6) is 0. The fourth-order valence-electron chi connectivity index (χ4n) is 5.81. The second kappa shape index (κ2) is 10.1. The van der Waals surface area contributed by atoms with Crippen molar-refractivity contribution < 1.29 is 0 Å². The first kappa shape index (κ1) is 24.8. The summed E-state index contributed by atoms with van der Waals surface area (Å²) in [7, 11) is 0. The van der Waals surface area contributed by atoms with Gasteiger partial charge in [-0.25, -0.2) is 0 Å². The van der Waals surface area contributed by atoms with Gasteiger partial charge in [-0.15, -0.1) is 11.3 Å². The molecule has 194 valence electrons. The van der Waals surface area contributed by atoms with Crippen molar-refractivity contribution >= 4 is 58.9 Å². The molecule has 7 rings (SSSR count). The molecule has 2 heterocycles. The number of benzene rings is 5. The van der Waals surface area contributed by atoms with Crippen LogP contribution in [0.3, 0.4) is 0 Å². The molecule has 41 heavy (non-hydrogen) atoms. The maximum atomic E-state index is 9.47. The van der Waals surface area contributed by atoms with Gasteiger partial charge in [0.2, 0.25) is 0 Å². The van der Waals surface area contributed by atoms with Gasteiger partial charge in [-0.1, -0.05) is 79.4 Å². The van der Waals surface area contributed by atoms with Crippen molar-refractivity contribution in [1.82, 2.24) is 4.57 Å². The monoisotopic (exact) mass is 542 g/mol. The van der Waals surface area contributed by atoms with Gasteiger partial charge in [-0.3, -0.25) is 0 Å². The first-order chi connectivity index (χ1) is 20.2. The fraction of sp³-hybridized carbons (Fsp3) is 0.0263. The van der Waals surface area contributed by atoms with Crippen molar-refractivity contribution in [3.8, 4) is 22.9 Å². The van der Waals surface area contributed by atoms with Crippen LogP contribution < -0.4 is 0 Å². The van der Waals surface area contributed by atoms with Gasteiger partial charge in [-0.2, -0.15) is 5.26 Å². The second-order valence-electron chi connectivity index (χ2n) is 10.1. The average molecular weight is 543 g/mol. The van der Waals surface area contributed by atoms with Gasteiger partial charge >= 0.3 is 0 Å². The van der Waals surface area contributed by atoms with E-state index >= 15 is 0 Å². The summed E-state index contributed by atoms with van der Waals surface area (Å²) in [6.45, 7) is 6.17. The van der Waals surface area contributed by atoms with Gasteiger partial charge < -0.3 is 4.57 Å². The van der Waals surface area contributed by atoms with Crippen LogP contribution in [0.4, 0.5) is 0 Å². The molecule has 3 heteroatoms. The molecule has 0 unspecified atom stereocenters. The Morgan fingerprint density at radius 1 is 0.756 bits per heavy atom. The van der Waals surface area contributed by atoms with E-state index in [1.165, 1.54) is 53.1 Å². The van der Waals surface area contributed by atoms with E-state index in [0.29, 0.717) is 5.57 Å². The molecule has 2 aromatic heterocycles. The number of thiophene rings is 1. The zero-order valence-electron chi connectivity index (χ0n) is 22.6. The smallest absolute Gasteiger partial charge is 0.0991 e. The Balaban J connectivity index is 1.41. The molecule has 7 aromatic rings. The van der Waals surface area contributed by atoms with Crippen LogP contribution in [0.2, 0.25) is 0 Å². The lowest BCUT2D eigenvalue weighted by Crippen LogP contribution is -1.96. The maximum Gasteiger partial charge on any atom is 0.0991 e. The van der Waals surface area contributed by atoms with Gasteiger partial charge in [0.25, 0.3) is 0 Å². The van der Waals surface area contributed by atoms with E-state index in [2.05, 4.69) is 126 Å². The molecule has 0 bridgehead atoms. The molecule has 0 fully saturated rings. The molecule has 0 atom stereocenters. The topological polar surface area (TPSA) is 28.7 Å². The summed E-state index contributed by atoms with van der Waals surface area (Å²) in [6.07, 6.45) is 5.53. The highest BCUT2D eigenvalue weighted by atomic mass is 32.1. The lowest BCUT2D eigenvalue weighted by atomic mass is 9.99. The van der Waals surface area contributed by atoms with E-state index in [1.807, 2.05) is 25.2 Å². The van der Waals surface area contributed by atoms with Crippen LogP contribution in [-0.4, -0.2) is 4.57 Å². The predicted octanol–water partition coefficient (Wildman–Crippen LogP) is 10.9. The number of fused-ring (bicyclic) bond motifs is 6. The van der Waals surface area contributed by atoms with Crippen LogP contribution in [0.5, 0.6) is 0 Å². The normalized spacial score (nSPS) is 12.1. The Morgan fingerprint density at radius 2 is 1.39 bits per heavy atom. The summed E-state index contributed by atoms with van der Waals surface area (Å²) in [5, 5.41) is 14.4. The standard InChI is InChI=1S/C38H26N2S/c1-3-10-26(24-39)21-25(2)27-17-19-37-32(22-27)33-23-28(18-20-38(33)41-37)29-11-4-7-14-34(29)40-35-15-8-5-12-30(35)31-13-6-9-16-36(31)40/h3-23H,2H2,1H3/b10-3-,26-21+. The number of allylic oxidation sites excluding steroid dienone is 5. The number of nitrogens with zero attached hydrogens (tertiary/aromatic N) is 2. The van der Waals surface area contributed by atoms with Gasteiger partial charge in [0.1, 0.15) is 0 Å². The molecule has 0 N–H and O–H groups in total. The number of hydrogen-bond donors (Lipinski definition) is 0. The Labute approximate surface area is 243 Å². The first-order valence-corrected chi connectivity index (χ1v) is 14.5. The summed E-state index contributed by atoms with van der Waals surface area (Å²) in [6, 6.07) is 41.5. The summed E-state index contributed by atoms with van der Waals surface area (Å²) >= 11 is 1.80. The Kier molecular flexibility index (Phi) is 6.12. The van der Waals surface area contributed by atoms with E-state index in [9.17, 15) is 5.26 Å². The van der Waals surface area contributed by atoms with E-state index in [0.717, 1.165) is 16.8 Å². The molecule has 0 amide bonds. The molecule has 0 aliphatic carbocycles. The largest absolute Gasteiger partial charge is 0.309 e.